The van der Waals surface area contributed by atoms with Crippen LogP contribution in [0.5, 0.6) is 0 Å². The minimum absolute atomic E-state index is 0.0821. The third kappa shape index (κ3) is 3.97. The number of aromatic amines is 1. The zero-order valence-corrected chi connectivity index (χ0v) is 15.2. The molecule has 3 N–H and O–H groups in total. The number of rotatable bonds is 5. The number of benzene rings is 2. The normalized spacial score (nSPS) is 13.3. The molecule has 0 bridgehead atoms. The van der Waals surface area contributed by atoms with Crippen molar-refractivity contribution in [3.63, 3.8) is 0 Å². The smallest absolute Gasteiger partial charge is 0.279 e. The van der Waals surface area contributed by atoms with E-state index in [0.29, 0.717) is 16.7 Å². The van der Waals surface area contributed by atoms with Crippen molar-refractivity contribution in [2.75, 3.05) is 18.9 Å². The first-order valence-corrected chi connectivity index (χ1v) is 8.62. The van der Waals surface area contributed by atoms with Crippen molar-refractivity contribution < 1.29 is 9.69 Å². The van der Waals surface area contributed by atoms with E-state index < -0.39 is 0 Å². The Morgan fingerprint density at radius 1 is 1.19 bits per heavy atom. The number of nitrogens with zero attached hydrogens (tertiary/aromatic N) is 1. The number of aryl methyl sites for hydroxylation is 1. The molecule has 1 heterocycles. The molecule has 0 spiro atoms. The van der Waals surface area contributed by atoms with Gasteiger partial charge in [-0.3, -0.25) is 9.59 Å². The van der Waals surface area contributed by atoms with E-state index in [1.165, 1.54) is 0 Å². The average molecular weight is 351 g/mol. The van der Waals surface area contributed by atoms with Gasteiger partial charge in [0.2, 0.25) is 0 Å². The first-order chi connectivity index (χ1) is 12.4. The molecule has 2 aromatic carbocycles. The third-order valence-corrected chi connectivity index (χ3v) is 4.56. The van der Waals surface area contributed by atoms with E-state index in [2.05, 4.69) is 15.3 Å². The number of hydrogen-bond donors (Lipinski definition) is 3. The van der Waals surface area contributed by atoms with Crippen LogP contribution in [0.25, 0.3) is 10.9 Å². The Hall–Kier alpha value is -2.99. The molecule has 2 atom stereocenters. The van der Waals surface area contributed by atoms with Crippen LogP contribution in [-0.4, -0.2) is 29.5 Å². The number of nitrogens with one attached hydrogen (secondary N) is 3. The SMILES string of the molecule is Cc1ccc(NC(=O)C[NH+](C)[C@H](C)c2nc3ccccc3c(=O)[nH]2)cc1. The third-order valence-electron chi connectivity index (χ3n) is 4.56. The second-order valence-corrected chi connectivity index (χ2v) is 6.63. The Labute approximate surface area is 151 Å². The maximum absolute atomic E-state index is 12.3. The van der Waals surface area contributed by atoms with Gasteiger partial charge in [-0.05, 0) is 38.1 Å². The number of carbonyl (C=O) groups is 1. The fourth-order valence-corrected chi connectivity index (χ4v) is 2.79. The number of amides is 1. The minimum Gasteiger partial charge on any atom is -0.321 e. The van der Waals surface area contributed by atoms with Crippen LogP contribution in [-0.2, 0) is 4.79 Å². The molecule has 3 rings (SSSR count). The second-order valence-electron chi connectivity index (χ2n) is 6.63. The fourth-order valence-electron chi connectivity index (χ4n) is 2.79. The summed E-state index contributed by atoms with van der Waals surface area (Å²) in [4.78, 5) is 32.9. The molecular formula is C20H23N4O2+. The van der Waals surface area contributed by atoms with Gasteiger partial charge in [-0.25, -0.2) is 4.98 Å². The lowest BCUT2D eigenvalue weighted by Crippen LogP contribution is -3.10. The largest absolute Gasteiger partial charge is 0.321 e. The number of aromatic nitrogens is 2. The van der Waals surface area contributed by atoms with E-state index in [0.717, 1.165) is 16.2 Å². The van der Waals surface area contributed by atoms with Gasteiger partial charge in [0.25, 0.3) is 11.5 Å². The van der Waals surface area contributed by atoms with Crippen LogP contribution in [0.4, 0.5) is 5.69 Å². The van der Waals surface area contributed by atoms with Gasteiger partial charge in [0, 0.05) is 5.69 Å². The molecule has 1 aromatic heterocycles. The minimum atomic E-state index is -0.158. The summed E-state index contributed by atoms with van der Waals surface area (Å²) in [6.07, 6.45) is 0. The number of H-pyrrole nitrogens is 1. The van der Waals surface area contributed by atoms with E-state index in [9.17, 15) is 9.59 Å². The Morgan fingerprint density at radius 2 is 1.88 bits per heavy atom. The van der Waals surface area contributed by atoms with Crippen molar-refractivity contribution in [1.29, 1.82) is 0 Å². The number of para-hydroxylation sites is 1. The Morgan fingerprint density at radius 3 is 2.62 bits per heavy atom. The molecule has 1 amide bonds. The molecule has 6 nitrogen and oxygen atoms in total. The summed E-state index contributed by atoms with van der Waals surface area (Å²) in [5.74, 6) is 0.496. The van der Waals surface area contributed by atoms with E-state index in [4.69, 9.17) is 0 Å². The number of carbonyl (C=O) groups excluding carboxylic acids is 1. The molecule has 3 aromatic rings. The molecule has 0 saturated heterocycles. The molecule has 0 aliphatic rings. The summed E-state index contributed by atoms with van der Waals surface area (Å²) < 4.78 is 0. The highest BCUT2D eigenvalue weighted by molar-refractivity contribution is 5.91. The van der Waals surface area contributed by atoms with E-state index in [-0.39, 0.29) is 24.1 Å². The van der Waals surface area contributed by atoms with Crippen LogP contribution in [0.3, 0.4) is 0 Å². The van der Waals surface area contributed by atoms with E-state index in [1.54, 1.807) is 6.07 Å². The molecule has 6 heteroatoms. The Bertz CT molecular complexity index is 979. The highest BCUT2D eigenvalue weighted by Crippen LogP contribution is 2.09. The summed E-state index contributed by atoms with van der Waals surface area (Å²) in [6, 6.07) is 14.8. The molecule has 26 heavy (non-hydrogen) atoms. The fraction of sp³-hybridized carbons (Fsp3) is 0.250. The van der Waals surface area contributed by atoms with Crippen LogP contribution in [0.2, 0.25) is 0 Å². The van der Waals surface area contributed by atoms with Gasteiger partial charge in [0.1, 0.15) is 6.04 Å². The maximum atomic E-state index is 12.3. The predicted molar refractivity (Wildman–Crippen MR) is 102 cm³/mol. The molecule has 0 fully saturated rings. The first kappa shape index (κ1) is 17.8. The molecule has 134 valence electrons. The van der Waals surface area contributed by atoms with Crippen LogP contribution in [0.1, 0.15) is 24.4 Å². The summed E-state index contributed by atoms with van der Waals surface area (Å²) in [5.41, 5.74) is 2.42. The van der Waals surface area contributed by atoms with Crippen LogP contribution < -0.4 is 15.8 Å². The lowest BCUT2D eigenvalue weighted by molar-refractivity contribution is -0.902. The quantitative estimate of drug-likeness (QED) is 0.651. The van der Waals surface area contributed by atoms with E-state index in [1.807, 2.05) is 63.4 Å². The lowest BCUT2D eigenvalue weighted by Gasteiger charge is -2.20. The van der Waals surface area contributed by atoms with Gasteiger partial charge >= 0.3 is 0 Å². The van der Waals surface area contributed by atoms with Crippen molar-refractivity contribution in [3.8, 4) is 0 Å². The van der Waals surface area contributed by atoms with Gasteiger partial charge in [-0.15, -0.1) is 0 Å². The number of hydrogen-bond acceptors (Lipinski definition) is 3. The molecule has 0 aliphatic heterocycles. The first-order valence-electron chi connectivity index (χ1n) is 8.62. The summed E-state index contributed by atoms with van der Waals surface area (Å²) in [7, 11) is 1.91. The standard InChI is InChI=1S/C20H22N4O2/c1-13-8-10-15(11-9-13)21-18(25)12-24(3)14(2)19-22-17-7-5-4-6-16(17)20(26)23-19/h4-11,14H,12H2,1-3H3,(H,21,25)(H,22,23,26)/p+1/t14-/m1/s1. The van der Waals surface area contributed by atoms with Gasteiger partial charge in [0.05, 0.1) is 18.0 Å². The maximum Gasteiger partial charge on any atom is 0.279 e. The molecule has 0 aliphatic carbocycles. The zero-order valence-electron chi connectivity index (χ0n) is 15.2. The molecule has 0 saturated carbocycles. The number of anilines is 1. The molecule has 0 radical (unpaired) electrons. The van der Waals surface area contributed by atoms with Gasteiger partial charge in [-0.1, -0.05) is 29.8 Å². The van der Waals surface area contributed by atoms with Crippen LogP contribution in [0.15, 0.2) is 53.3 Å². The molecular weight excluding hydrogens is 328 g/mol. The lowest BCUT2D eigenvalue weighted by atomic mass is 10.2. The van der Waals surface area contributed by atoms with E-state index >= 15 is 0 Å². The molecule has 1 unspecified atom stereocenters. The highest BCUT2D eigenvalue weighted by atomic mass is 16.2. The Balaban J connectivity index is 1.71. The van der Waals surface area contributed by atoms with Crippen LogP contribution in [0, 0.1) is 6.92 Å². The summed E-state index contributed by atoms with van der Waals surface area (Å²) in [6.45, 7) is 4.22. The van der Waals surface area contributed by atoms with Crippen molar-refractivity contribution in [2.45, 2.75) is 19.9 Å². The number of likely N-dealkylation sites (N-methyl/N-ethyl adjacent to an activating group) is 1. The second kappa shape index (κ2) is 7.49. The highest BCUT2D eigenvalue weighted by Gasteiger charge is 2.21. The topological polar surface area (TPSA) is 79.3 Å². The monoisotopic (exact) mass is 351 g/mol. The summed E-state index contributed by atoms with van der Waals surface area (Å²) in [5, 5.41) is 3.46. The zero-order chi connectivity index (χ0) is 18.7. The van der Waals surface area contributed by atoms with Crippen molar-refractivity contribution in [1.82, 2.24) is 9.97 Å². The number of quaternary nitrogens is 1. The van der Waals surface area contributed by atoms with Gasteiger partial charge in [-0.2, -0.15) is 0 Å². The average Bonchev–Trinajstić information content (AvgIpc) is 2.63. The predicted octanol–water partition coefficient (Wildman–Crippen LogP) is 1.45. The van der Waals surface area contributed by atoms with Gasteiger partial charge in [0.15, 0.2) is 12.4 Å². The van der Waals surface area contributed by atoms with Gasteiger partial charge < -0.3 is 15.2 Å². The summed E-state index contributed by atoms with van der Waals surface area (Å²) >= 11 is 0. The van der Waals surface area contributed by atoms with Crippen LogP contribution >= 0.6 is 0 Å². The Kier molecular flexibility index (Phi) is 5.14. The van der Waals surface area contributed by atoms with Crippen molar-refractivity contribution in [3.05, 3.63) is 70.3 Å². The van der Waals surface area contributed by atoms with Crippen molar-refractivity contribution >= 4 is 22.5 Å². The van der Waals surface area contributed by atoms with Crippen molar-refractivity contribution in [2.24, 2.45) is 0 Å². The number of fused-ring (bicyclic) bond motifs is 1.